The highest BCUT2D eigenvalue weighted by molar-refractivity contribution is 7.15. The third kappa shape index (κ3) is 15.0. The number of thiazole rings is 6. The van der Waals surface area contributed by atoms with Crippen LogP contribution in [0.2, 0.25) is 0 Å². The molecule has 10 rings (SSSR count). The molecule has 0 spiro atoms. The molecule has 4 atom stereocenters. The number of hydrogen-bond donors (Lipinski definition) is 7. The zero-order valence-corrected chi connectivity index (χ0v) is 53.8. The Morgan fingerprint density at radius 1 is 0.733 bits per heavy atom. The number of aromatic nitrogens is 7. The van der Waals surface area contributed by atoms with Crippen LogP contribution < -0.4 is 26.2 Å². The second kappa shape index (κ2) is 28.8. The molecule has 90 heavy (non-hydrogen) atoms. The number of carboxylic acid groups (broad SMARTS) is 2. The van der Waals surface area contributed by atoms with Gasteiger partial charge in [0.15, 0.2) is 5.78 Å². The van der Waals surface area contributed by atoms with Crippen molar-refractivity contribution >= 4 is 121 Å². The molecule has 0 radical (unpaired) electrons. The van der Waals surface area contributed by atoms with Crippen molar-refractivity contribution in [1.29, 1.82) is 0 Å². The molecule has 2 aliphatic rings. The molecule has 0 saturated heterocycles. The van der Waals surface area contributed by atoms with Crippen LogP contribution in [0.15, 0.2) is 64.0 Å². The number of amides is 5. The van der Waals surface area contributed by atoms with Crippen molar-refractivity contribution in [3.05, 3.63) is 111 Å². The Morgan fingerprint density at radius 3 is 2.16 bits per heavy atom. The van der Waals surface area contributed by atoms with E-state index in [9.17, 15) is 53.7 Å². The lowest BCUT2D eigenvalue weighted by Gasteiger charge is -2.28. The highest BCUT2D eigenvalue weighted by Gasteiger charge is 2.35. The van der Waals surface area contributed by atoms with E-state index >= 15 is 0 Å². The molecule has 5 amide bonds. The van der Waals surface area contributed by atoms with E-state index in [1.807, 2.05) is 13.8 Å². The number of aliphatic hydroxyl groups is 1. The van der Waals surface area contributed by atoms with Gasteiger partial charge >= 0.3 is 18.0 Å². The molecule has 470 valence electrons. The van der Waals surface area contributed by atoms with E-state index < -0.39 is 90.8 Å². The van der Waals surface area contributed by atoms with Crippen molar-refractivity contribution in [2.24, 2.45) is 11.8 Å². The molecule has 8 heterocycles. The summed E-state index contributed by atoms with van der Waals surface area (Å²) in [7, 11) is 2.94. The third-order valence-electron chi connectivity index (χ3n) is 14.9. The second-order valence-electron chi connectivity index (χ2n) is 21.4. The zero-order valence-electron chi connectivity index (χ0n) is 48.9. The number of methoxy groups -OCH3 is 1. The molecule has 31 heteroatoms. The summed E-state index contributed by atoms with van der Waals surface area (Å²) in [6, 6.07) is 9.98. The van der Waals surface area contributed by atoms with Crippen molar-refractivity contribution in [2.45, 2.75) is 103 Å². The second-order valence-corrected chi connectivity index (χ2v) is 27.2. The molecule has 1 saturated carbocycles. The normalized spacial score (nSPS) is 18.6. The average Bonchev–Trinajstić information content (AvgIpc) is 1.73. The number of ether oxygens (including phenoxy) is 2. The highest BCUT2D eigenvalue weighted by Crippen LogP contribution is 2.41. The fraction of sp³-hybridized carbons (Fsp3) is 0.373. The number of fused-ring (bicyclic) bond motifs is 14. The lowest BCUT2D eigenvalue weighted by Crippen LogP contribution is -2.40. The minimum absolute atomic E-state index is 0.00859. The van der Waals surface area contributed by atoms with Crippen LogP contribution in [0.1, 0.15) is 145 Å². The number of rotatable bonds is 14. The quantitative estimate of drug-likeness (QED) is 0.0533. The third-order valence-corrected chi connectivity index (χ3v) is 20.7. The molecule has 1 aliphatic heterocycles. The van der Waals surface area contributed by atoms with E-state index in [4.69, 9.17) is 44.4 Å². The lowest BCUT2D eigenvalue weighted by molar-refractivity contribution is -0.143. The van der Waals surface area contributed by atoms with Crippen molar-refractivity contribution in [2.75, 3.05) is 32.1 Å². The topological polar surface area (TPSA) is 357 Å². The van der Waals surface area contributed by atoms with E-state index in [0.29, 0.717) is 93.7 Å². The van der Waals surface area contributed by atoms with Crippen molar-refractivity contribution < 1.29 is 63.1 Å². The van der Waals surface area contributed by atoms with Crippen LogP contribution in [0.3, 0.4) is 0 Å². The van der Waals surface area contributed by atoms with Gasteiger partial charge in [-0.15, -0.1) is 68.0 Å². The number of benzene rings is 1. The molecule has 1 fully saturated rings. The predicted molar refractivity (Wildman–Crippen MR) is 338 cm³/mol. The molecule has 10 bridgehead atoms. The Balaban J connectivity index is 1.04. The van der Waals surface area contributed by atoms with E-state index in [1.54, 1.807) is 70.9 Å². The van der Waals surface area contributed by atoms with Gasteiger partial charge in [0.1, 0.15) is 83.3 Å². The number of anilines is 1. The summed E-state index contributed by atoms with van der Waals surface area (Å²) in [4.78, 5) is 143. The van der Waals surface area contributed by atoms with Gasteiger partial charge in [0.25, 0.3) is 11.8 Å². The Bertz CT molecular complexity index is 3980. The summed E-state index contributed by atoms with van der Waals surface area (Å²) in [5.41, 5.74) is 2.41. The minimum atomic E-state index is -1.31. The van der Waals surface area contributed by atoms with Crippen molar-refractivity contribution in [1.82, 2.24) is 56.2 Å². The summed E-state index contributed by atoms with van der Waals surface area (Å²) in [6.07, 6.45) is -2.16. The largest absolute Gasteiger partial charge is 0.481 e. The summed E-state index contributed by atoms with van der Waals surface area (Å²) in [5, 5.41) is 51.0. The molecule has 7 aromatic heterocycles. The first-order chi connectivity index (χ1) is 43.2. The zero-order chi connectivity index (χ0) is 63.9. The molecule has 1 aliphatic carbocycles. The fourth-order valence-corrected chi connectivity index (χ4v) is 15.7. The number of carboxylic acids is 2. The highest BCUT2D eigenvalue weighted by atomic mass is 32.1. The maximum absolute atomic E-state index is 14.4. The smallest absolute Gasteiger partial charge is 0.415 e. The molecular weight excluding hydrogens is 1280 g/mol. The Labute approximate surface area is 538 Å². The van der Waals surface area contributed by atoms with Gasteiger partial charge in [-0.05, 0) is 56.2 Å². The van der Waals surface area contributed by atoms with Crippen LogP contribution in [0.5, 0.6) is 0 Å². The Kier molecular flexibility index (Phi) is 20.7. The molecule has 1 unspecified atom stereocenters. The number of pyridine rings is 1. The first-order valence-electron chi connectivity index (χ1n) is 28.3. The summed E-state index contributed by atoms with van der Waals surface area (Å²) >= 11 is 7.02. The van der Waals surface area contributed by atoms with Gasteiger partial charge < -0.3 is 46.1 Å². The number of hydrogen-bond acceptors (Lipinski definition) is 24. The number of Topliss-reactive ketones (excluding diaryl/α,β-unsaturated/α-hetero) is 1. The van der Waals surface area contributed by atoms with Gasteiger partial charge in [-0.3, -0.25) is 38.5 Å². The number of nitrogens with zero attached hydrogens (tertiary/aromatic N) is 8. The Hall–Kier alpha value is -8.17. The van der Waals surface area contributed by atoms with Gasteiger partial charge in [0.2, 0.25) is 11.8 Å². The van der Waals surface area contributed by atoms with Gasteiger partial charge in [0, 0.05) is 65.0 Å². The maximum atomic E-state index is 14.4. The van der Waals surface area contributed by atoms with Gasteiger partial charge in [-0.2, -0.15) is 0 Å². The summed E-state index contributed by atoms with van der Waals surface area (Å²) in [6.45, 7) is 4.80. The number of carbonyl (C=O) groups excluding carboxylic acids is 6. The van der Waals surface area contributed by atoms with Crippen LogP contribution in [-0.2, 0) is 35.3 Å². The van der Waals surface area contributed by atoms with Crippen LogP contribution >= 0.6 is 68.0 Å². The SMILES string of the molecule is CNC(=O)C[C@@H]1NC(=O)c2csc(n2)-c2ccc(-c3nc(N(CCC(=O)O)C(=O)OC4CCC(C(=O)O)CC4)cs3)nc2-c2csc(n2)-c2csc(n2)[C@H]([C@@H](O)c2ccccc2)NC(=O)CNC(=O)c2nc(sc2COC)C(C(C)C)CC(=O)c2nc1sc2C. The van der Waals surface area contributed by atoms with E-state index in [1.165, 1.54) is 36.8 Å². The van der Waals surface area contributed by atoms with Crippen molar-refractivity contribution in [3.63, 3.8) is 0 Å². The predicted octanol–water partition coefficient (Wildman–Crippen LogP) is 9.26. The molecule has 1 aromatic carbocycles. The van der Waals surface area contributed by atoms with Crippen LogP contribution in [0.25, 0.3) is 43.4 Å². The van der Waals surface area contributed by atoms with Crippen LogP contribution in [0, 0.1) is 18.8 Å². The lowest BCUT2D eigenvalue weighted by atomic mass is 9.87. The molecular formula is C59H60N12O13S6. The number of aryl methyl sites for hydroxylation is 1. The molecule has 25 nitrogen and oxygen atoms in total. The minimum Gasteiger partial charge on any atom is -0.481 e. The molecule has 8 aromatic rings. The molecule has 7 N–H and O–H groups in total. The first-order valence-corrected chi connectivity index (χ1v) is 33.5. The van der Waals surface area contributed by atoms with Gasteiger partial charge in [-0.1, -0.05) is 44.2 Å². The first kappa shape index (κ1) is 64.8. The van der Waals surface area contributed by atoms with Crippen molar-refractivity contribution in [3.8, 4) is 43.4 Å². The standard InChI is InChI=1S/C59H60N12O13S6/c1-27(2)33-19-39(72)45-28(3)89-56(69-45)35(20-42(73)60-4)63-50(78)37-24-85-52(65-37)32-15-16-34(54-67-41(26-88-54)71(18-17-44(75)76)59(82)84-31-13-11-30(12-14-31)58(80)81)62-46(32)36-23-86-55(64-36)38-25-87-57(66-38)48(49(77)29-9-7-6-8-10-29)68-43(74)21-61-51(79)47-40(22-83-5)90-53(33)70-47/h6-10,15-16,23-27,30-31,33,35,48-49,77H,11-14,17-22H2,1-5H3,(H,60,73)(H,61,79)(H,63,78)(H,68,74)(H,75,76)(H,80,81)/t30?,31?,33?,35-,48-,49-/m0/s1. The van der Waals surface area contributed by atoms with Gasteiger partial charge in [0.05, 0.1) is 53.5 Å². The van der Waals surface area contributed by atoms with E-state index in [-0.39, 0.29) is 66.3 Å². The number of ketones is 1. The monoisotopic (exact) mass is 1340 g/mol. The summed E-state index contributed by atoms with van der Waals surface area (Å²) in [5.74, 6) is -5.88. The number of nitrogens with one attached hydrogen (secondary N) is 4. The summed E-state index contributed by atoms with van der Waals surface area (Å²) < 4.78 is 11.3. The Morgan fingerprint density at radius 2 is 1.43 bits per heavy atom. The average molecular weight is 1340 g/mol. The number of carbonyl (C=O) groups is 8. The number of aliphatic carboxylic acids is 2. The maximum Gasteiger partial charge on any atom is 0.415 e. The van der Waals surface area contributed by atoms with E-state index in [2.05, 4.69) is 21.3 Å². The van der Waals surface area contributed by atoms with Gasteiger partial charge in [-0.25, -0.2) is 39.7 Å². The fourth-order valence-electron chi connectivity index (χ4n) is 10.1. The van der Waals surface area contributed by atoms with E-state index in [0.717, 1.165) is 50.2 Å². The van der Waals surface area contributed by atoms with Crippen LogP contribution in [0.4, 0.5) is 10.6 Å². The van der Waals surface area contributed by atoms with Crippen LogP contribution in [-0.4, -0.2) is 131 Å². The number of aliphatic hydroxyl groups excluding tert-OH is 1.